The topological polar surface area (TPSA) is 144 Å². The van der Waals surface area contributed by atoms with Crippen LogP contribution < -0.4 is 10.6 Å². The van der Waals surface area contributed by atoms with Gasteiger partial charge < -0.3 is 35.9 Å². The van der Waals surface area contributed by atoms with Crippen LogP contribution in [0.3, 0.4) is 0 Å². The zero-order valence-electron chi connectivity index (χ0n) is 22.3. The second-order valence-corrected chi connectivity index (χ2v) is 9.13. The zero-order chi connectivity index (χ0) is 27.7. The molecule has 0 atom stereocenters. The number of aromatic nitrogens is 2. The van der Waals surface area contributed by atoms with E-state index in [0.29, 0.717) is 28.6 Å². The Hall–Kier alpha value is -4.02. The number of aromatic hydroxyl groups is 2. The van der Waals surface area contributed by atoms with Crippen LogP contribution in [-0.4, -0.2) is 70.1 Å². The SMILES string of the molecule is COCCN1CCc2ccc(Nc3ncc(C(C)=N)c(NC(C)=O)n3)cc2CC1.Cc1c(O)cccc1O. The van der Waals surface area contributed by atoms with Crippen LogP contribution in [-0.2, 0) is 22.4 Å². The molecule has 0 fully saturated rings. The minimum atomic E-state index is -0.236. The van der Waals surface area contributed by atoms with Gasteiger partial charge in [-0.05, 0) is 62.1 Å². The van der Waals surface area contributed by atoms with Crippen LogP contribution in [0.25, 0.3) is 0 Å². The third kappa shape index (κ3) is 7.99. The van der Waals surface area contributed by atoms with E-state index in [1.54, 1.807) is 33.2 Å². The molecular weight excluding hydrogens is 484 g/mol. The van der Waals surface area contributed by atoms with E-state index in [-0.39, 0.29) is 17.4 Å². The fourth-order valence-corrected chi connectivity index (χ4v) is 4.01. The average molecular weight is 521 g/mol. The van der Waals surface area contributed by atoms with Crippen molar-refractivity contribution in [1.82, 2.24) is 14.9 Å². The van der Waals surface area contributed by atoms with E-state index in [0.717, 1.165) is 44.8 Å². The molecule has 2 heterocycles. The molecule has 1 aliphatic heterocycles. The van der Waals surface area contributed by atoms with Crippen molar-refractivity contribution in [1.29, 1.82) is 5.41 Å². The van der Waals surface area contributed by atoms with E-state index in [9.17, 15) is 4.79 Å². The minimum absolute atomic E-state index is 0.134. The molecule has 1 amide bonds. The summed E-state index contributed by atoms with van der Waals surface area (Å²) in [6.07, 6.45) is 3.56. The molecule has 0 saturated heterocycles. The third-order valence-electron chi connectivity index (χ3n) is 6.23. The molecule has 0 saturated carbocycles. The number of carbonyl (C=O) groups excluding carboxylic acids is 1. The number of nitrogens with zero attached hydrogens (tertiary/aromatic N) is 3. The molecule has 0 unspecified atom stereocenters. The maximum Gasteiger partial charge on any atom is 0.229 e. The Morgan fingerprint density at radius 3 is 2.39 bits per heavy atom. The van der Waals surface area contributed by atoms with Crippen molar-refractivity contribution in [3.63, 3.8) is 0 Å². The summed E-state index contributed by atoms with van der Waals surface area (Å²) in [5.74, 6) is 0.755. The van der Waals surface area contributed by atoms with Gasteiger partial charge >= 0.3 is 0 Å². The quantitative estimate of drug-likeness (QED) is 0.294. The molecule has 38 heavy (non-hydrogen) atoms. The Morgan fingerprint density at radius 1 is 1.11 bits per heavy atom. The van der Waals surface area contributed by atoms with Crippen LogP contribution in [0.1, 0.15) is 36.1 Å². The molecule has 202 valence electrons. The van der Waals surface area contributed by atoms with Gasteiger partial charge in [-0.15, -0.1) is 0 Å². The van der Waals surface area contributed by atoms with E-state index in [1.165, 1.54) is 30.2 Å². The molecule has 0 aliphatic carbocycles. The van der Waals surface area contributed by atoms with Crippen LogP contribution in [0.4, 0.5) is 17.5 Å². The molecule has 0 spiro atoms. The lowest BCUT2D eigenvalue weighted by Crippen LogP contribution is -2.29. The summed E-state index contributed by atoms with van der Waals surface area (Å²) >= 11 is 0. The predicted octanol–water partition coefficient (Wildman–Crippen LogP) is 4.02. The van der Waals surface area contributed by atoms with Gasteiger partial charge in [0.1, 0.15) is 17.3 Å². The Morgan fingerprint density at radius 2 is 1.79 bits per heavy atom. The van der Waals surface area contributed by atoms with Gasteiger partial charge in [0.05, 0.1) is 12.2 Å². The molecule has 2 aromatic carbocycles. The van der Waals surface area contributed by atoms with E-state index >= 15 is 0 Å². The number of methoxy groups -OCH3 is 1. The Labute approximate surface area is 223 Å². The summed E-state index contributed by atoms with van der Waals surface area (Å²) in [6, 6.07) is 11.0. The van der Waals surface area contributed by atoms with E-state index in [2.05, 4.69) is 37.6 Å². The van der Waals surface area contributed by atoms with Gasteiger partial charge in [-0.2, -0.15) is 4.98 Å². The predicted molar refractivity (Wildman–Crippen MR) is 149 cm³/mol. The number of amides is 1. The first-order valence-corrected chi connectivity index (χ1v) is 12.5. The van der Waals surface area contributed by atoms with Crippen LogP contribution in [0, 0.1) is 12.3 Å². The molecule has 5 N–H and O–H groups in total. The Kier molecular flexibility index (Phi) is 10.1. The van der Waals surface area contributed by atoms with Gasteiger partial charge in [-0.1, -0.05) is 12.1 Å². The molecule has 1 aromatic heterocycles. The first-order valence-electron chi connectivity index (χ1n) is 12.5. The van der Waals surface area contributed by atoms with Crippen molar-refractivity contribution in [3.05, 3.63) is 64.8 Å². The van der Waals surface area contributed by atoms with Crippen molar-refractivity contribution >= 4 is 29.1 Å². The zero-order valence-corrected chi connectivity index (χ0v) is 22.3. The molecular formula is C28H36N6O4. The number of phenolic OH excluding ortho intramolecular Hbond substituents is 2. The molecule has 4 rings (SSSR count). The van der Waals surface area contributed by atoms with Crippen LogP contribution in [0.2, 0.25) is 0 Å². The summed E-state index contributed by atoms with van der Waals surface area (Å²) in [5.41, 5.74) is 4.92. The van der Waals surface area contributed by atoms with Gasteiger partial charge in [-0.3, -0.25) is 4.79 Å². The number of benzene rings is 2. The lowest BCUT2D eigenvalue weighted by Gasteiger charge is -2.18. The smallest absolute Gasteiger partial charge is 0.229 e. The monoisotopic (exact) mass is 520 g/mol. The van der Waals surface area contributed by atoms with E-state index in [1.807, 2.05) is 6.07 Å². The van der Waals surface area contributed by atoms with Crippen molar-refractivity contribution < 1.29 is 19.7 Å². The molecule has 1 aliphatic rings. The number of hydrogen-bond acceptors (Lipinski definition) is 9. The highest BCUT2D eigenvalue weighted by atomic mass is 16.5. The highest BCUT2D eigenvalue weighted by Crippen LogP contribution is 2.24. The first kappa shape index (κ1) is 28.5. The minimum Gasteiger partial charge on any atom is -0.508 e. The first-order chi connectivity index (χ1) is 18.2. The van der Waals surface area contributed by atoms with Crippen LogP contribution >= 0.6 is 0 Å². The van der Waals surface area contributed by atoms with Crippen molar-refractivity contribution in [2.75, 3.05) is 44.0 Å². The second-order valence-electron chi connectivity index (χ2n) is 9.13. The lowest BCUT2D eigenvalue weighted by molar-refractivity contribution is -0.114. The number of nitrogens with one attached hydrogen (secondary N) is 3. The van der Waals surface area contributed by atoms with Gasteiger partial charge in [0.15, 0.2) is 0 Å². The molecule has 10 nitrogen and oxygen atoms in total. The van der Waals surface area contributed by atoms with Gasteiger partial charge in [0.2, 0.25) is 11.9 Å². The normalized spacial score (nSPS) is 12.9. The van der Waals surface area contributed by atoms with Crippen LogP contribution in [0.15, 0.2) is 42.6 Å². The number of anilines is 3. The maximum absolute atomic E-state index is 11.5. The fraction of sp³-hybridized carbons (Fsp3) is 0.357. The highest BCUT2D eigenvalue weighted by Gasteiger charge is 2.15. The standard InChI is InChI=1S/C21H28N6O2.C7H8O2/c1-14(22)19-13-23-21(26-20(19)24-15(2)28)25-18-5-4-16-6-8-27(10-11-29-3)9-7-17(16)12-18;1-5-6(8)3-2-4-7(5)9/h4-5,12-13,22H,6-11H2,1-3H3,(H2,23,24,25,26,28);2-4,8-9H,1H3. The maximum atomic E-state index is 11.5. The van der Waals surface area contributed by atoms with Crippen molar-refractivity contribution in [2.24, 2.45) is 0 Å². The summed E-state index contributed by atoms with van der Waals surface area (Å²) in [4.78, 5) is 22.6. The van der Waals surface area contributed by atoms with Crippen molar-refractivity contribution in [2.45, 2.75) is 33.6 Å². The average Bonchev–Trinajstić information content (AvgIpc) is 3.08. The van der Waals surface area contributed by atoms with E-state index in [4.69, 9.17) is 20.4 Å². The molecule has 10 heteroatoms. The fourth-order valence-electron chi connectivity index (χ4n) is 4.01. The van der Waals surface area contributed by atoms with Gasteiger partial charge in [0.25, 0.3) is 0 Å². The molecule has 0 radical (unpaired) electrons. The molecule has 0 bridgehead atoms. The summed E-state index contributed by atoms with van der Waals surface area (Å²) in [6.45, 7) is 8.47. The Balaban J connectivity index is 0.000000375. The lowest BCUT2D eigenvalue weighted by atomic mass is 10.0. The number of rotatable bonds is 7. The van der Waals surface area contributed by atoms with Crippen molar-refractivity contribution in [3.8, 4) is 11.5 Å². The van der Waals surface area contributed by atoms with Crippen LogP contribution in [0.5, 0.6) is 11.5 Å². The number of ether oxygens (including phenoxy) is 1. The van der Waals surface area contributed by atoms with E-state index < -0.39 is 0 Å². The van der Waals surface area contributed by atoms with Gasteiger partial charge in [0, 0.05) is 56.8 Å². The highest BCUT2D eigenvalue weighted by molar-refractivity contribution is 6.03. The largest absolute Gasteiger partial charge is 0.508 e. The second kappa shape index (κ2) is 13.5. The number of carbonyl (C=O) groups is 1. The number of phenols is 2. The summed E-state index contributed by atoms with van der Waals surface area (Å²) in [7, 11) is 1.74. The third-order valence-corrected chi connectivity index (χ3v) is 6.23. The summed E-state index contributed by atoms with van der Waals surface area (Å²) < 4.78 is 5.20. The number of fused-ring (bicyclic) bond motifs is 1. The number of hydrogen-bond donors (Lipinski definition) is 5. The molecule has 3 aromatic rings. The Bertz CT molecular complexity index is 1260. The summed E-state index contributed by atoms with van der Waals surface area (Å²) in [5, 5.41) is 31.6. The van der Waals surface area contributed by atoms with Gasteiger partial charge in [-0.25, -0.2) is 4.98 Å².